The molecule has 0 aliphatic rings. The minimum absolute atomic E-state index is 0.179. The Morgan fingerprint density at radius 3 is 2.75 bits per heavy atom. The van der Waals surface area contributed by atoms with E-state index in [-0.39, 0.29) is 22.3 Å². The third-order valence-corrected chi connectivity index (χ3v) is 3.75. The van der Waals surface area contributed by atoms with Crippen molar-refractivity contribution in [3.63, 3.8) is 0 Å². The highest BCUT2D eigenvalue weighted by Crippen LogP contribution is 2.30. The van der Waals surface area contributed by atoms with Crippen molar-refractivity contribution in [2.45, 2.75) is 19.9 Å². The van der Waals surface area contributed by atoms with E-state index in [4.69, 9.17) is 14.0 Å². The van der Waals surface area contributed by atoms with Gasteiger partial charge in [-0.3, -0.25) is 4.79 Å². The molecule has 1 atom stereocenters. The van der Waals surface area contributed by atoms with Crippen molar-refractivity contribution in [3.8, 4) is 16.9 Å². The molecule has 2 N–H and O–H groups in total. The van der Waals surface area contributed by atoms with Crippen LogP contribution in [0.4, 0.5) is 0 Å². The summed E-state index contributed by atoms with van der Waals surface area (Å²) < 4.78 is 28.6. The molecular weight excluding hydrogens is 306 g/mol. The summed E-state index contributed by atoms with van der Waals surface area (Å²) in [7, 11) is 0. The van der Waals surface area contributed by atoms with Crippen LogP contribution in [0.3, 0.4) is 0 Å². The van der Waals surface area contributed by atoms with Gasteiger partial charge >= 0.3 is 5.97 Å². The second-order valence-corrected chi connectivity index (χ2v) is 5.38. The highest BCUT2D eigenvalue weighted by molar-refractivity contribution is 5.97. The van der Waals surface area contributed by atoms with Crippen LogP contribution in [-0.4, -0.2) is 22.2 Å². The molecule has 0 unspecified atom stereocenters. The third kappa shape index (κ3) is 2.88. The fourth-order valence-corrected chi connectivity index (χ4v) is 2.51. The van der Waals surface area contributed by atoms with Crippen LogP contribution in [0.5, 0.6) is 5.75 Å². The van der Waals surface area contributed by atoms with Gasteiger partial charge in [0, 0.05) is 15.9 Å². The van der Waals surface area contributed by atoms with Gasteiger partial charge in [0.05, 0.1) is 5.39 Å². The molecular formula is C19H17NO4. The summed E-state index contributed by atoms with van der Waals surface area (Å²) in [5.41, 5.74) is 0.854. The molecule has 3 rings (SSSR count). The summed E-state index contributed by atoms with van der Waals surface area (Å²) >= 11 is 0. The molecule has 1 aromatic heterocycles. The van der Waals surface area contributed by atoms with Crippen molar-refractivity contribution in [1.82, 2.24) is 4.98 Å². The van der Waals surface area contributed by atoms with E-state index in [2.05, 4.69) is 4.98 Å². The van der Waals surface area contributed by atoms with Crippen LogP contribution in [0.2, 0.25) is 0 Å². The molecule has 0 aliphatic carbocycles. The number of hydrogen-bond donors (Lipinski definition) is 2. The Balaban J connectivity index is 2.19. The third-order valence-electron chi connectivity index (χ3n) is 3.75. The maximum absolute atomic E-state index is 12.3. The number of benzene rings is 2. The Bertz CT molecular complexity index is 1070. The van der Waals surface area contributed by atoms with Gasteiger partial charge in [0.25, 0.3) is 5.56 Å². The minimum Gasteiger partial charge on any atom is -0.479 e. The van der Waals surface area contributed by atoms with E-state index in [0.717, 1.165) is 0 Å². The first kappa shape index (κ1) is 12.4. The number of carbonyl (C=O) groups is 1. The number of rotatable bonds is 4. The van der Waals surface area contributed by atoms with Crippen LogP contribution in [0, 0.1) is 6.85 Å². The van der Waals surface area contributed by atoms with Crippen LogP contribution in [0.25, 0.3) is 21.9 Å². The van der Waals surface area contributed by atoms with Gasteiger partial charge < -0.3 is 14.8 Å². The Morgan fingerprint density at radius 2 is 2.00 bits per heavy atom. The standard InChI is InChI=1S/C19H17NO4/c1-11-5-3-4-6-14(11)17-10-20-18(21)16-9-13(7-8-15(16)17)24-12(2)19(22)23/h3-10,12H,1-2H3,(H,20,21)(H,22,23)/t12-/m1/s1/i1D3. The molecule has 0 radical (unpaired) electrons. The van der Waals surface area contributed by atoms with E-state index in [1.165, 1.54) is 25.3 Å². The summed E-state index contributed by atoms with van der Waals surface area (Å²) in [6.07, 6.45) is 0.413. The van der Waals surface area contributed by atoms with Gasteiger partial charge in [-0.25, -0.2) is 4.79 Å². The van der Waals surface area contributed by atoms with Crippen molar-refractivity contribution in [3.05, 3.63) is 64.6 Å². The van der Waals surface area contributed by atoms with Crippen molar-refractivity contribution in [1.29, 1.82) is 0 Å². The first-order valence-electron chi connectivity index (χ1n) is 8.83. The number of H-pyrrole nitrogens is 1. The van der Waals surface area contributed by atoms with Gasteiger partial charge in [-0.1, -0.05) is 24.3 Å². The van der Waals surface area contributed by atoms with Gasteiger partial charge in [0.1, 0.15) is 5.75 Å². The smallest absolute Gasteiger partial charge is 0.344 e. The van der Waals surface area contributed by atoms with E-state index >= 15 is 0 Å². The van der Waals surface area contributed by atoms with Gasteiger partial charge in [-0.15, -0.1) is 0 Å². The zero-order valence-electron chi connectivity index (χ0n) is 15.9. The normalized spacial score (nSPS) is 14.5. The number of nitrogens with one attached hydrogen (secondary N) is 1. The highest BCUT2D eigenvalue weighted by Gasteiger charge is 2.14. The molecule has 0 fully saturated rings. The van der Waals surface area contributed by atoms with Crippen molar-refractivity contribution < 1.29 is 18.8 Å². The molecule has 0 aliphatic heterocycles. The van der Waals surface area contributed by atoms with E-state index < -0.39 is 18.9 Å². The lowest BCUT2D eigenvalue weighted by Crippen LogP contribution is -2.22. The summed E-state index contributed by atoms with van der Waals surface area (Å²) in [6, 6.07) is 11.2. The number of pyridine rings is 1. The van der Waals surface area contributed by atoms with Gasteiger partial charge in [-0.05, 0) is 48.5 Å². The van der Waals surface area contributed by atoms with Crippen LogP contribution in [-0.2, 0) is 4.79 Å². The lowest BCUT2D eigenvalue weighted by atomic mass is 9.97. The number of aliphatic carboxylic acids is 1. The number of carboxylic acid groups (broad SMARTS) is 1. The second-order valence-electron chi connectivity index (χ2n) is 5.38. The number of aromatic amines is 1. The summed E-state index contributed by atoms with van der Waals surface area (Å²) in [4.78, 5) is 25.8. The van der Waals surface area contributed by atoms with E-state index in [9.17, 15) is 9.59 Å². The Morgan fingerprint density at radius 1 is 1.21 bits per heavy atom. The monoisotopic (exact) mass is 326 g/mol. The summed E-state index contributed by atoms with van der Waals surface area (Å²) in [6.45, 7) is -0.918. The van der Waals surface area contributed by atoms with Crippen LogP contribution >= 0.6 is 0 Å². The predicted octanol–water partition coefficient (Wildman–Crippen LogP) is 3.36. The minimum atomic E-state index is -2.31. The maximum Gasteiger partial charge on any atom is 0.344 e. The highest BCUT2D eigenvalue weighted by atomic mass is 16.5. The SMILES string of the molecule is [2H]C([2H])([2H])c1ccccc1-c1c[nH]c(=O)c2cc(O[C@H](C)C(=O)O)ccc12. The summed E-state index contributed by atoms with van der Waals surface area (Å²) in [5, 5.41) is 9.79. The molecule has 0 saturated carbocycles. The molecule has 0 saturated heterocycles. The molecule has 5 nitrogen and oxygen atoms in total. The van der Waals surface area contributed by atoms with Crippen molar-refractivity contribution in [2.75, 3.05) is 0 Å². The van der Waals surface area contributed by atoms with Crippen LogP contribution in [0.15, 0.2) is 53.5 Å². The maximum atomic E-state index is 12.3. The molecule has 24 heavy (non-hydrogen) atoms. The second kappa shape index (κ2) is 6.20. The molecule has 2 aromatic carbocycles. The Labute approximate surface area is 142 Å². The molecule has 0 amide bonds. The first-order chi connectivity index (χ1) is 12.7. The zero-order chi connectivity index (χ0) is 19.8. The van der Waals surface area contributed by atoms with Crippen LogP contribution in [0.1, 0.15) is 16.6 Å². The van der Waals surface area contributed by atoms with E-state index in [1.807, 2.05) is 0 Å². The average molecular weight is 326 g/mol. The number of fused-ring (bicyclic) bond motifs is 1. The fraction of sp³-hybridized carbons (Fsp3) is 0.158. The Kier molecular flexibility index (Phi) is 3.19. The zero-order valence-corrected chi connectivity index (χ0v) is 12.9. The van der Waals surface area contributed by atoms with Crippen molar-refractivity contribution >= 4 is 16.7 Å². The fourth-order valence-electron chi connectivity index (χ4n) is 2.51. The van der Waals surface area contributed by atoms with Gasteiger partial charge in [0.15, 0.2) is 6.10 Å². The predicted molar refractivity (Wildman–Crippen MR) is 92.5 cm³/mol. The molecule has 0 spiro atoms. The summed E-state index contributed by atoms with van der Waals surface area (Å²) in [5.74, 6) is -0.881. The molecule has 5 heteroatoms. The quantitative estimate of drug-likeness (QED) is 0.770. The molecule has 122 valence electrons. The lowest BCUT2D eigenvalue weighted by molar-refractivity contribution is -0.144. The van der Waals surface area contributed by atoms with Crippen LogP contribution < -0.4 is 10.3 Å². The van der Waals surface area contributed by atoms with Crippen molar-refractivity contribution in [2.24, 2.45) is 0 Å². The van der Waals surface area contributed by atoms with E-state index in [0.29, 0.717) is 16.5 Å². The number of aryl methyl sites for hydroxylation is 1. The number of ether oxygens (including phenoxy) is 1. The lowest BCUT2D eigenvalue weighted by Gasteiger charge is -2.13. The topological polar surface area (TPSA) is 79.4 Å². The molecule has 3 aromatic rings. The molecule has 0 bridgehead atoms. The number of hydrogen-bond acceptors (Lipinski definition) is 3. The van der Waals surface area contributed by atoms with E-state index in [1.54, 1.807) is 30.3 Å². The average Bonchev–Trinajstić information content (AvgIpc) is 2.61. The Hall–Kier alpha value is -3.08. The number of carboxylic acids is 1. The first-order valence-corrected chi connectivity index (χ1v) is 7.33. The largest absolute Gasteiger partial charge is 0.479 e. The van der Waals surface area contributed by atoms with Gasteiger partial charge in [0.2, 0.25) is 0 Å². The van der Waals surface area contributed by atoms with Gasteiger partial charge in [-0.2, -0.15) is 0 Å². The molecule has 1 heterocycles. The number of aromatic nitrogens is 1.